The number of ether oxygens (including phenoxy) is 1. The fraction of sp³-hybridized carbons (Fsp3) is 0.211. The van der Waals surface area contributed by atoms with E-state index >= 15 is 0 Å². The Hall–Kier alpha value is -3.43. The van der Waals surface area contributed by atoms with Gasteiger partial charge in [-0.15, -0.1) is 13.2 Å². The molecule has 150 valence electrons. The van der Waals surface area contributed by atoms with E-state index in [1.165, 1.54) is 47.4 Å². The van der Waals surface area contributed by atoms with Gasteiger partial charge in [-0.3, -0.25) is 9.78 Å². The van der Waals surface area contributed by atoms with E-state index in [9.17, 15) is 22.4 Å². The van der Waals surface area contributed by atoms with Crippen molar-refractivity contribution < 1.29 is 27.1 Å². The minimum atomic E-state index is -4.81. The Morgan fingerprint density at radius 2 is 1.97 bits per heavy atom. The monoisotopic (exact) mass is 406 g/mol. The number of pyridine rings is 1. The summed E-state index contributed by atoms with van der Waals surface area (Å²) in [5.41, 5.74) is -0.121. The van der Waals surface area contributed by atoms with Crippen LogP contribution in [0.15, 0.2) is 55.0 Å². The molecule has 1 fully saturated rings. The van der Waals surface area contributed by atoms with E-state index in [0.29, 0.717) is 24.1 Å². The van der Waals surface area contributed by atoms with Crippen LogP contribution < -0.4 is 10.1 Å². The fourth-order valence-electron chi connectivity index (χ4n) is 3.06. The third-order valence-electron chi connectivity index (χ3n) is 4.59. The van der Waals surface area contributed by atoms with Crippen LogP contribution in [0.1, 0.15) is 18.4 Å². The van der Waals surface area contributed by atoms with Gasteiger partial charge in [0, 0.05) is 18.3 Å². The molecular weight excluding hydrogens is 392 g/mol. The molecule has 0 saturated heterocycles. The molecular formula is C19H14F4N4O2. The Kier molecular flexibility index (Phi) is 4.48. The summed E-state index contributed by atoms with van der Waals surface area (Å²) in [6.07, 6.45) is 0.171. The highest BCUT2D eigenvalue weighted by Gasteiger charge is 2.51. The van der Waals surface area contributed by atoms with E-state index in [4.69, 9.17) is 0 Å². The standard InChI is InChI=1S/C19H14F4N4O2/c20-13-9-14(11-24-10-13)27-7-4-16(26-27)25-17(28)18(5-6-18)12-2-1-3-15(8-12)29-19(21,22)23/h1-4,7-11H,5-6H2,(H,25,26,28). The number of hydrogen-bond donors (Lipinski definition) is 1. The summed E-state index contributed by atoms with van der Waals surface area (Å²) in [6, 6.07) is 8.17. The number of aromatic nitrogens is 3. The van der Waals surface area contributed by atoms with Crippen molar-refractivity contribution in [1.29, 1.82) is 0 Å². The van der Waals surface area contributed by atoms with Crippen molar-refractivity contribution in [3.05, 3.63) is 66.4 Å². The molecule has 1 aromatic carbocycles. The Balaban J connectivity index is 1.51. The lowest BCUT2D eigenvalue weighted by Crippen LogP contribution is -2.28. The van der Waals surface area contributed by atoms with Gasteiger partial charge in [0.05, 0.1) is 23.5 Å². The molecule has 0 spiro atoms. The molecule has 1 N–H and O–H groups in total. The van der Waals surface area contributed by atoms with Crippen molar-refractivity contribution in [2.45, 2.75) is 24.6 Å². The van der Waals surface area contributed by atoms with Crippen molar-refractivity contribution in [2.24, 2.45) is 0 Å². The van der Waals surface area contributed by atoms with Crippen molar-refractivity contribution in [1.82, 2.24) is 14.8 Å². The lowest BCUT2D eigenvalue weighted by atomic mass is 9.95. The number of halogens is 4. The van der Waals surface area contributed by atoms with Gasteiger partial charge < -0.3 is 10.1 Å². The fourth-order valence-corrected chi connectivity index (χ4v) is 3.06. The average Bonchev–Trinajstić information content (AvgIpc) is 3.34. The normalized spacial score (nSPS) is 15.0. The molecule has 29 heavy (non-hydrogen) atoms. The average molecular weight is 406 g/mol. The highest BCUT2D eigenvalue weighted by Crippen LogP contribution is 2.49. The van der Waals surface area contributed by atoms with Crippen molar-refractivity contribution in [3.63, 3.8) is 0 Å². The highest BCUT2D eigenvalue weighted by atomic mass is 19.4. The Bertz CT molecular complexity index is 1060. The van der Waals surface area contributed by atoms with E-state index in [2.05, 4.69) is 20.1 Å². The van der Waals surface area contributed by atoms with Gasteiger partial charge in [0.1, 0.15) is 11.6 Å². The number of anilines is 1. The molecule has 0 radical (unpaired) electrons. The first-order valence-corrected chi connectivity index (χ1v) is 8.60. The minimum Gasteiger partial charge on any atom is -0.406 e. The van der Waals surface area contributed by atoms with Gasteiger partial charge in [0.25, 0.3) is 0 Å². The molecule has 1 aliphatic carbocycles. The summed E-state index contributed by atoms with van der Waals surface area (Å²) in [5, 5.41) is 6.83. The molecule has 4 rings (SSSR count). The predicted molar refractivity (Wildman–Crippen MR) is 94.0 cm³/mol. The van der Waals surface area contributed by atoms with Crippen LogP contribution in [0.2, 0.25) is 0 Å². The molecule has 3 aromatic rings. The lowest BCUT2D eigenvalue weighted by molar-refractivity contribution is -0.274. The topological polar surface area (TPSA) is 69.0 Å². The van der Waals surface area contributed by atoms with E-state index in [1.54, 1.807) is 6.07 Å². The maximum absolute atomic E-state index is 13.3. The number of nitrogens with zero attached hydrogens (tertiary/aromatic N) is 3. The molecule has 1 amide bonds. The quantitative estimate of drug-likeness (QED) is 0.651. The smallest absolute Gasteiger partial charge is 0.406 e. The predicted octanol–water partition coefficient (Wildman–Crippen LogP) is 3.98. The summed E-state index contributed by atoms with van der Waals surface area (Å²) >= 11 is 0. The van der Waals surface area contributed by atoms with E-state index in [1.807, 2.05) is 0 Å². The molecule has 1 saturated carbocycles. The number of hydrogen-bond acceptors (Lipinski definition) is 4. The molecule has 2 aromatic heterocycles. The van der Waals surface area contributed by atoms with Gasteiger partial charge in [0.15, 0.2) is 5.82 Å². The molecule has 0 atom stereocenters. The minimum absolute atomic E-state index is 0.230. The summed E-state index contributed by atoms with van der Waals surface area (Å²) in [4.78, 5) is 16.5. The lowest BCUT2D eigenvalue weighted by Gasteiger charge is -2.16. The van der Waals surface area contributed by atoms with Crippen molar-refractivity contribution >= 4 is 11.7 Å². The molecule has 6 nitrogen and oxygen atoms in total. The van der Waals surface area contributed by atoms with Crippen LogP contribution in [0.5, 0.6) is 5.75 Å². The third-order valence-corrected chi connectivity index (χ3v) is 4.59. The molecule has 10 heteroatoms. The van der Waals surface area contributed by atoms with Crippen LogP contribution in [0.4, 0.5) is 23.4 Å². The summed E-state index contributed by atoms with van der Waals surface area (Å²) in [5.74, 6) is -1.06. The SMILES string of the molecule is O=C(Nc1ccn(-c2cncc(F)c2)n1)C1(c2cccc(OC(F)(F)F)c2)CC1. The molecule has 0 bridgehead atoms. The molecule has 0 unspecified atom stereocenters. The number of rotatable bonds is 5. The number of carbonyl (C=O) groups excluding carboxylic acids is 1. The summed E-state index contributed by atoms with van der Waals surface area (Å²) < 4.78 is 56.0. The van der Waals surface area contributed by atoms with E-state index in [0.717, 1.165) is 6.20 Å². The van der Waals surface area contributed by atoms with E-state index in [-0.39, 0.29) is 17.5 Å². The third kappa shape index (κ3) is 4.05. The maximum Gasteiger partial charge on any atom is 0.573 e. The number of nitrogens with one attached hydrogen (secondary N) is 1. The largest absolute Gasteiger partial charge is 0.573 e. The summed E-state index contributed by atoms with van der Waals surface area (Å²) in [7, 11) is 0. The van der Waals surface area contributed by atoms with Gasteiger partial charge in [-0.2, -0.15) is 5.10 Å². The maximum atomic E-state index is 13.3. The Labute approximate surface area is 162 Å². The second kappa shape index (κ2) is 6.87. The van der Waals surface area contributed by atoms with E-state index < -0.39 is 17.6 Å². The summed E-state index contributed by atoms with van der Waals surface area (Å²) in [6.45, 7) is 0. The first-order chi connectivity index (χ1) is 13.7. The molecule has 2 heterocycles. The van der Waals surface area contributed by atoms with Crippen LogP contribution in [-0.2, 0) is 10.2 Å². The van der Waals surface area contributed by atoms with Crippen LogP contribution >= 0.6 is 0 Å². The number of alkyl halides is 3. The second-order valence-electron chi connectivity index (χ2n) is 6.62. The Morgan fingerprint density at radius 3 is 2.66 bits per heavy atom. The van der Waals surface area contributed by atoms with Crippen LogP contribution in [0.3, 0.4) is 0 Å². The number of benzene rings is 1. The van der Waals surface area contributed by atoms with Crippen LogP contribution in [0.25, 0.3) is 5.69 Å². The van der Waals surface area contributed by atoms with Gasteiger partial charge in [-0.1, -0.05) is 12.1 Å². The van der Waals surface area contributed by atoms with Gasteiger partial charge in [0.2, 0.25) is 5.91 Å². The van der Waals surface area contributed by atoms with Gasteiger partial charge >= 0.3 is 6.36 Å². The number of amides is 1. The Morgan fingerprint density at radius 1 is 1.17 bits per heavy atom. The second-order valence-corrected chi connectivity index (χ2v) is 6.62. The van der Waals surface area contributed by atoms with Crippen molar-refractivity contribution in [2.75, 3.05) is 5.32 Å². The van der Waals surface area contributed by atoms with Crippen LogP contribution in [-0.4, -0.2) is 27.0 Å². The van der Waals surface area contributed by atoms with Gasteiger partial charge in [-0.25, -0.2) is 9.07 Å². The molecule has 1 aliphatic rings. The van der Waals surface area contributed by atoms with Crippen LogP contribution in [0, 0.1) is 5.82 Å². The van der Waals surface area contributed by atoms with Gasteiger partial charge in [-0.05, 0) is 30.5 Å². The highest BCUT2D eigenvalue weighted by molar-refractivity contribution is 6.00. The zero-order chi connectivity index (χ0) is 20.6. The van der Waals surface area contributed by atoms with Crippen molar-refractivity contribution in [3.8, 4) is 11.4 Å². The molecule has 0 aliphatic heterocycles. The number of carbonyl (C=O) groups is 1. The first kappa shape index (κ1) is 18.9. The first-order valence-electron chi connectivity index (χ1n) is 8.60. The zero-order valence-corrected chi connectivity index (χ0v) is 14.8. The zero-order valence-electron chi connectivity index (χ0n) is 14.8.